The lowest BCUT2D eigenvalue weighted by molar-refractivity contribution is -0.123. The first-order valence-electron chi connectivity index (χ1n) is 7.40. The molecule has 17 heavy (non-hydrogen) atoms. The fourth-order valence-electron chi connectivity index (χ4n) is 3.01. The zero-order valence-corrected chi connectivity index (χ0v) is 10.8. The van der Waals surface area contributed by atoms with Crippen LogP contribution in [-0.2, 0) is 4.79 Å². The minimum Gasteiger partial charge on any atom is -0.355 e. The summed E-state index contributed by atoms with van der Waals surface area (Å²) in [7, 11) is 0. The lowest BCUT2D eigenvalue weighted by atomic mass is 9.95. The predicted octanol–water partition coefficient (Wildman–Crippen LogP) is 2.36. The molecule has 0 unspecified atom stereocenters. The van der Waals surface area contributed by atoms with Crippen LogP contribution in [0.5, 0.6) is 0 Å². The molecule has 98 valence electrons. The summed E-state index contributed by atoms with van der Waals surface area (Å²) in [6.45, 7) is 0.863. The Labute approximate surface area is 105 Å². The Morgan fingerprint density at radius 3 is 2.29 bits per heavy atom. The number of carbonyl (C=O) groups is 1. The molecule has 1 aliphatic carbocycles. The highest BCUT2D eigenvalue weighted by Gasteiger charge is 2.23. The van der Waals surface area contributed by atoms with E-state index >= 15 is 0 Å². The topological polar surface area (TPSA) is 41.1 Å². The normalized spacial score (nSPS) is 28.9. The molecule has 2 N–H and O–H groups in total. The second-order valence-electron chi connectivity index (χ2n) is 5.55. The van der Waals surface area contributed by atoms with Gasteiger partial charge in [0.1, 0.15) is 0 Å². The maximum absolute atomic E-state index is 11.9. The highest BCUT2D eigenvalue weighted by molar-refractivity contribution is 5.81. The molecule has 0 spiro atoms. The molecule has 2 fully saturated rings. The molecule has 3 nitrogen and oxygen atoms in total. The summed E-state index contributed by atoms with van der Waals surface area (Å²) in [5.74, 6) is 0.226. The van der Waals surface area contributed by atoms with Crippen LogP contribution in [0.25, 0.3) is 0 Å². The molecular weight excluding hydrogens is 212 g/mol. The average molecular weight is 238 g/mol. The summed E-state index contributed by atoms with van der Waals surface area (Å²) in [4.78, 5) is 11.9. The van der Waals surface area contributed by atoms with Crippen LogP contribution in [0.2, 0.25) is 0 Å². The van der Waals surface area contributed by atoms with E-state index in [0.717, 1.165) is 19.4 Å². The smallest absolute Gasteiger partial charge is 0.237 e. The zero-order valence-electron chi connectivity index (χ0n) is 10.8. The highest BCUT2D eigenvalue weighted by Crippen LogP contribution is 2.18. The van der Waals surface area contributed by atoms with Crippen LogP contribution in [-0.4, -0.2) is 24.5 Å². The molecule has 1 atom stereocenters. The quantitative estimate of drug-likeness (QED) is 0.775. The maximum atomic E-state index is 11.9. The molecule has 1 heterocycles. The van der Waals surface area contributed by atoms with Gasteiger partial charge in [-0.05, 0) is 32.1 Å². The second kappa shape index (κ2) is 7.00. The summed E-state index contributed by atoms with van der Waals surface area (Å²) < 4.78 is 0. The Morgan fingerprint density at radius 2 is 1.53 bits per heavy atom. The Kier molecular flexibility index (Phi) is 5.30. The van der Waals surface area contributed by atoms with E-state index < -0.39 is 0 Å². The van der Waals surface area contributed by atoms with Crippen LogP contribution in [0.1, 0.15) is 64.2 Å². The van der Waals surface area contributed by atoms with Crippen LogP contribution in [0.4, 0.5) is 0 Å². The predicted molar refractivity (Wildman–Crippen MR) is 69.9 cm³/mol. The number of nitrogens with one attached hydrogen (secondary N) is 2. The molecule has 2 aliphatic rings. The van der Waals surface area contributed by atoms with Gasteiger partial charge in [-0.25, -0.2) is 0 Å². The van der Waals surface area contributed by atoms with Gasteiger partial charge in [-0.2, -0.15) is 0 Å². The van der Waals surface area contributed by atoms with Crippen molar-refractivity contribution in [3.8, 4) is 0 Å². The number of hydrogen-bond acceptors (Lipinski definition) is 2. The molecule has 1 amide bonds. The van der Waals surface area contributed by atoms with Crippen molar-refractivity contribution in [1.82, 2.24) is 10.6 Å². The summed E-state index contributed by atoms with van der Waals surface area (Å²) in [6.07, 6.45) is 12.6. The molecule has 0 radical (unpaired) electrons. The van der Waals surface area contributed by atoms with E-state index in [1.807, 2.05) is 0 Å². The number of rotatable bonds is 2. The number of hydrogen-bond donors (Lipinski definition) is 2. The van der Waals surface area contributed by atoms with Crippen LogP contribution in [0.3, 0.4) is 0 Å². The third kappa shape index (κ3) is 4.30. The van der Waals surface area contributed by atoms with Crippen LogP contribution in [0, 0.1) is 0 Å². The lowest BCUT2D eigenvalue weighted by Crippen LogP contribution is -2.47. The molecule has 3 heteroatoms. The first-order chi connectivity index (χ1) is 8.36. The van der Waals surface area contributed by atoms with Crippen LogP contribution < -0.4 is 10.6 Å². The van der Waals surface area contributed by atoms with Gasteiger partial charge in [0.05, 0.1) is 6.04 Å². The van der Waals surface area contributed by atoms with Crippen molar-refractivity contribution in [2.45, 2.75) is 76.3 Å². The van der Waals surface area contributed by atoms with E-state index in [1.54, 1.807) is 0 Å². The van der Waals surface area contributed by atoms with Crippen molar-refractivity contribution in [2.75, 3.05) is 6.54 Å². The first kappa shape index (κ1) is 12.9. The zero-order chi connectivity index (χ0) is 11.9. The van der Waals surface area contributed by atoms with Gasteiger partial charge < -0.3 is 10.6 Å². The third-order valence-electron chi connectivity index (χ3n) is 4.08. The molecular formula is C14H26N2O. The summed E-state index contributed by atoms with van der Waals surface area (Å²) in [6, 6.07) is 0.645. The minimum absolute atomic E-state index is 0.0712. The number of carbonyl (C=O) groups excluding carboxylic acids is 1. The van der Waals surface area contributed by atoms with Gasteiger partial charge in [0.25, 0.3) is 0 Å². The van der Waals surface area contributed by atoms with Gasteiger partial charge >= 0.3 is 0 Å². The van der Waals surface area contributed by atoms with Crippen molar-refractivity contribution in [2.24, 2.45) is 0 Å². The molecule has 2 rings (SSSR count). The Hall–Kier alpha value is -0.570. The Bertz CT molecular complexity index is 234. The highest BCUT2D eigenvalue weighted by atomic mass is 16.2. The molecule has 0 bridgehead atoms. The monoisotopic (exact) mass is 238 g/mol. The van der Waals surface area contributed by atoms with E-state index in [-0.39, 0.29) is 11.9 Å². The van der Waals surface area contributed by atoms with Crippen LogP contribution >= 0.6 is 0 Å². The summed E-state index contributed by atoms with van der Waals surface area (Å²) in [5.41, 5.74) is 0. The molecule has 0 aromatic carbocycles. The van der Waals surface area contributed by atoms with Crippen molar-refractivity contribution in [1.29, 1.82) is 0 Å². The minimum atomic E-state index is 0.0712. The van der Waals surface area contributed by atoms with Crippen molar-refractivity contribution < 1.29 is 4.79 Å². The van der Waals surface area contributed by atoms with Crippen molar-refractivity contribution in [3.05, 3.63) is 0 Å². The molecule has 0 aromatic heterocycles. The molecule has 1 saturated heterocycles. The Morgan fingerprint density at radius 1 is 0.882 bits per heavy atom. The van der Waals surface area contributed by atoms with Crippen LogP contribution in [0.15, 0.2) is 0 Å². The van der Waals surface area contributed by atoms with Crippen molar-refractivity contribution in [3.63, 3.8) is 0 Å². The van der Waals surface area contributed by atoms with E-state index in [1.165, 1.54) is 51.4 Å². The number of amides is 1. The average Bonchev–Trinajstić information content (AvgIpc) is 2.48. The van der Waals surface area contributed by atoms with Crippen molar-refractivity contribution >= 4 is 5.91 Å². The third-order valence-corrected chi connectivity index (χ3v) is 4.08. The largest absolute Gasteiger partial charge is 0.355 e. The summed E-state index contributed by atoms with van der Waals surface area (Å²) in [5, 5.41) is 6.61. The van der Waals surface area contributed by atoms with E-state index in [0.29, 0.717) is 6.04 Å². The van der Waals surface area contributed by atoms with Gasteiger partial charge in [0, 0.05) is 12.6 Å². The van der Waals surface area contributed by atoms with Gasteiger partial charge in [0.2, 0.25) is 5.91 Å². The fraction of sp³-hybridized carbons (Fsp3) is 0.929. The van der Waals surface area contributed by atoms with Gasteiger partial charge in [-0.15, -0.1) is 0 Å². The summed E-state index contributed by atoms with van der Waals surface area (Å²) >= 11 is 0. The first-order valence-corrected chi connectivity index (χ1v) is 7.40. The fourth-order valence-corrected chi connectivity index (χ4v) is 3.01. The maximum Gasteiger partial charge on any atom is 0.237 e. The van der Waals surface area contributed by atoms with Gasteiger partial charge in [-0.3, -0.25) is 4.79 Å². The second-order valence-corrected chi connectivity index (χ2v) is 5.55. The molecule has 0 aromatic rings. The lowest BCUT2D eigenvalue weighted by Gasteiger charge is -2.25. The SMILES string of the molecule is O=C1NCCCC[C@@H]1NC1CCCCCCC1. The Balaban J connectivity index is 1.82. The molecule has 1 aliphatic heterocycles. The van der Waals surface area contributed by atoms with E-state index in [2.05, 4.69) is 10.6 Å². The van der Waals surface area contributed by atoms with Gasteiger partial charge in [-0.1, -0.05) is 32.1 Å². The van der Waals surface area contributed by atoms with E-state index in [4.69, 9.17) is 0 Å². The standard InChI is InChI=1S/C14H26N2O/c17-14-13(10-6-7-11-15-14)16-12-8-4-2-1-3-5-9-12/h12-13,16H,1-11H2,(H,15,17)/t13-/m0/s1. The molecule has 1 saturated carbocycles. The van der Waals surface area contributed by atoms with Gasteiger partial charge in [0.15, 0.2) is 0 Å². The van der Waals surface area contributed by atoms with E-state index in [9.17, 15) is 4.79 Å².